The number of hydrogen-bond donors (Lipinski definition) is 0. The molecule has 0 fully saturated rings. The highest BCUT2D eigenvalue weighted by Crippen LogP contribution is 2.00. The Hall–Kier alpha value is -1.58. The molecule has 1 radical (unpaired) electrons. The lowest BCUT2D eigenvalue weighted by Gasteiger charge is -2.25. The predicted octanol–water partition coefficient (Wildman–Crippen LogP) is 1.52. The topological polar surface area (TPSA) is 12.5 Å². The van der Waals surface area contributed by atoms with Crippen molar-refractivity contribution in [3.05, 3.63) is 60.7 Å². The third kappa shape index (κ3) is 3.69. The molecule has 2 nitrogen and oxygen atoms in total. The molecule has 2 aromatic carbocycles. The van der Waals surface area contributed by atoms with Gasteiger partial charge in [-0.2, -0.15) is 0 Å². The van der Waals surface area contributed by atoms with E-state index in [9.17, 15) is 0 Å². The molecule has 2 aromatic rings. The van der Waals surface area contributed by atoms with E-state index in [0.29, 0.717) is 0 Å². The van der Waals surface area contributed by atoms with Crippen LogP contribution < -0.4 is 10.9 Å². The highest BCUT2D eigenvalue weighted by atomic mass is 16.5. The molecule has 2 rings (SSSR count). The molecule has 0 N–H and O–H groups in total. The molecular weight excluding hydrogens is 233 g/mol. The first-order chi connectivity index (χ1) is 9.18. The second-order valence-corrected chi connectivity index (χ2v) is 4.82. The van der Waals surface area contributed by atoms with Gasteiger partial charge >= 0.3 is 6.92 Å². The molecule has 0 amide bonds. The van der Waals surface area contributed by atoms with Crippen LogP contribution in [0, 0.1) is 6.07 Å². The van der Waals surface area contributed by atoms with Crippen LogP contribution in [0.25, 0.3) is 0 Å². The van der Waals surface area contributed by atoms with E-state index in [-0.39, 0.29) is 13.1 Å². The van der Waals surface area contributed by atoms with Gasteiger partial charge in [-0.3, -0.25) is 4.90 Å². The van der Waals surface area contributed by atoms with Crippen molar-refractivity contribution in [3.63, 3.8) is 0 Å². The summed E-state index contributed by atoms with van der Waals surface area (Å²) in [6, 6.07) is 21.3. The first-order valence-corrected chi connectivity index (χ1v) is 6.51. The SMILES string of the molecule is CC(OB(c1cc[c]cc1)c1ccccc1)N(C)C. The zero-order valence-corrected chi connectivity index (χ0v) is 11.7. The van der Waals surface area contributed by atoms with Crippen LogP contribution in [0.4, 0.5) is 0 Å². The van der Waals surface area contributed by atoms with Crippen molar-refractivity contribution >= 4 is 17.8 Å². The van der Waals surface area contributed by atoms with Crippen molar-refractivity contribution in [1.82, 2.24) is 4.90 Å². The fourth-order valence-corrected chi connectivity index (χ4v) is 1.87. The third-order valence-corrected chi connectivity index (χ3v) is 3.21. The van der Waals surface area contributed by atoms with E-state index in [1.807, 2.05) is 44.4 Å². The van der Waals surface area contributed by atoms with Gasteiger partial charge in [-0.25, -0.2) is 0 Å². The normalized spacial score (nSPS) is 12.4. The standard InChI is InChI=1S/C16H19BNO/c1-14(18(2)3)19-17(15-10-6-4-7-11-15)16-12-8-5-9-13-16/h4,6-14H,1-3H3. The van der Waals surface area contributed by atoms with Crippen LogP contribution in [0.2, 0.25) is 0 Å². The van der Waals surface area contributed by atoms with Crippen LogP contribution in [0.3, 0.4) is 0 Å². The Morgan fingerprint density at radius 3 is 2.16 bits per heavy atom. The minimum absolute atomic E-state index is 0.0480. The Balaban J connectivity index is 2.29. The molecule has 3 heteroatoms. The van der Waals surface area contributed by atoms with Crippen LogP contribution in [-0.2, 0) is 4.65 Å². The van der Waals surface area contributed by atoms with E-state index in [2.05, 4.69) is 42.2 Å². The summed E-state index contributed by atoms with van der Waals surface area (Å²) in [5.41, 5.74) is 2.32. The Kier molecular flexibility index (Phi) is 4.77. The molecule has 0 saturated carbocycles. The molecule has 0 aliphatic heterocycles. The van der Waals surface area contributed by atoms with Gasteiger partial charge in [0.2, 0.25) is 0 Å². The number of rotatable bonds is 5. The van der Waals surface area contributed by atoms with Crippen LogP contribution in [0.1, 0.15) is 6.92 Å². The molecule has 0 spiro atoms. The summed E-state index contributed by atoms with van der Waals surface area (Å²) in [7, 11) is 4.04. The zero-order chi connectivity index (χ0) is 13.7. The van der Waals surface area contributed by atoms with Gasteiger partial charge in [0.1, 0.15) is 0 Å². The Morgan fingerprint density at radius 2 is 1.58 bits per heavy atom. The van der Waals surface area contributed by atoms with E-state index in [1.165, 1.54) is 5.46 Å². The van der Waals surface area contributed by atoms with Crippen LogP contribution in [0.15, 0.2) is 54.6 Å². The second-order valence-electron chi connectivity index (χ2n) is 4.82. The quantitative estimate of drug-likeness (QED) is 0.591. The van der Waals surface area contributed by atoms with Crippen LogP contribution >= 0.6 is 0 Å². The molecule has 97 valence electrons. The zero-order valence-electron chi connectivity index (χ0n) is 11.7. The summed E-state index contributed by atoms with van der Waals surface area (Å²) in [6.07, 6.45) is 0.0504. The van der Waals surface area contributed by atoms with Gasteiger partial charge in [0.25, 0.3) is 0 Å². The van der Waals surface area contributed by atoms with Crippen molar-refractivity contribution in [1.29, 1.82) is 0 Å². The third-order valence-electron chi connectivity index (χ3n) is 3.21. The van der Waals surface area contributed by atoms with Gasteiger partial charge in [0.15, 0.2) is 0 Å². The molecule has 0 aromatic heterocycles. The van der Waals surface area contributed by atoms with Gasteiger partial charge in [0, 0.05) is 0 Å². The van der Waals surface area contributed by atoms with E-state index in [4.69, 9.17) is 4.65 Å². The molecule has 1 atom stereocenters. The summed E-state index contributed by atoms with van der Waals surface area (Å²) in [6.45, 7) is 2.01. The van der Waals surface area contributed by atoms with E-state index < -0.39 is 0 Å². The summed E-state index contributed by atoms with van der Waals surface area (Å²) >= 11 is 0. The Morgan fingerprint density at radius 1 is 1.00 bits per heavy atom. The van der Waals surface area contributed by atoms with Gasteiger partial charge in [-0.15, -0.1) is 0 Å². The van der Waals surface area contributed by atoms with E-state index in [1.54, 1.807) is 0 Å². The van der Waals surface area contributed by atoms with E-state index in [0.717, 1.165) is 5.46 Å². The molecule has 0 saturated heterocycles. The van der Waals surface area contributed by atoms with Gasteiger partial charge in [-0.1, -0.05) is 54.6 Å². The minimum atomic E-state index is -0.0480. The van der Waals surface area contributed by atoms with Gasteiger partial charge in [-0.05, 0) is 38.0 Å². The lowest BCUT2D eigenvalue weighted by molar-refractivity contribution is 0.0842. The Bertz CT molecular complexity index is 447. The molecule has 0 aliphatic rings. The lowest BCUT2D eigenvalue weighted by atomic mass is 9.55. The fourth-order valence-electron chi connectivity index (χ4n) is 1.87. The smallest absolute Gasteiger partial charge is 0.362 e. The fraction of sp³-hybridized carbons (Fsp3) is 0.250. The molecule has 0 aliphatic carbocycles. The first kappa shape index (κ1) is 13.8. The van der Waals surface area contributed by atoms with E-state index >= 15 is 0 Å². The Labute approximate surface area is 116 Å². The summed E-state index contributed by atoms with van der Waals surface area (Å²) in [4.78, 5) is 2.06. The number of nitrogens with zero attached hydrogens (tertiary/aromatic N) is 1. The molecule has 19 heavy (non-hydrogen) atoms. The van der Waals surface area contributed by atoms with Crippen LogP contribution in [0.5, 0.6) is 0 Å². The molecule has 0 heterocycles. The van der Waals surface area contributed by atoms with Crippen molar-refractivity contribution in [2.24, 2.45) is 0 Å². The maximum atomic E-state index is 6.20. The lowest BCUT2D eigenvalue weighted by Crippen LogP contribution is -2.49. The predicted molar refractivity (Wildman–Crippen MR) is 81.0 cm³/mol. The largest absolute Gasteiger partial charge is 0.411 e. The number of benzene rings is 2. The maximum Gasteiger partial charge on any atom is 0.362 e. The second kappa shape index (κ2) is 6.55. The van der Waals surface area contributed by atoms with Gasteiger partial charge in [0.05, 0.1) is 6.23 Å². The molecular formula is C16H19BNO. The molecule has 1 unspecified atom stereocenters. The average molecular weight is 252 g/mol. The average Bonchev–Trinajstić information content (AvgIpc) is 2.46. The maximum absolute atomic E-state index is 6.20. The summed E-state index contributed by atoms with van der Waals surface area (Å²) in [5.74, 6) is 0. The summed E-state index contributed by atoms with van der Waals surface area (Å²) < 4.78 is 6.20. The van der Waals surface area contributed by atoms with Crippen molar-refractivity contribution in [3.8, 4) is 0 Å². The number of hydrogen-bond acceptors (Lipinski definition) is 2. The minimum Gasteiger partial charge on any atom is -0.411 e. The van der Waals surface area contributed by atoms with Crippen molar-refractivity contribution in [2.45, 2.75) is 13.2 Å². The van der Waals surface area contributed by atoms with Crippen LogP contribution in [-0.4, -0.2) is 32.1 Å². The van der Waals surface area contributed by atoms with Gasteiger partial charge < -0.3 is 4.65 Å². The van der Waals surface area contributed by atoms with Crippen molar-refractivity contribution in [2.75, 3.05) is 14.1 Å². The monoisotopic (exact) mass is 252 g/mol. The first-order valence-electron chi connectivity index (χ1n) is 6.51. The highest BCUT2D eigenvalue weighted by molar-refractivity contribution is 6.80. The van der Waals surface area contributed by atoms with Crippen molar-refractivity contribution < 1.29 is 4.65 Å². The highest BCUT2D eigenvalue weighted by Gasteiger charge is 2.23. The molecule has 0 bridgehead atoms. The summed E-state index contributed by atoms with van der Waals surface area (Å²) in [5, 5.41) is 0.